The molecule has 1 aliphatic rings. The normalized spacial score (nSPS) is 16.4. The molecule has 0 unspecified atom stereocenters. The summed E-state index contributed by atoms with van der Waals surface area (Å²) in [4.78, 5) is 4.19. The molecule has 0 bridgehead atoms. The van der Waals surface area contributed by atoms with Crippen LogP contribution in [0.3, 0.4) is 0 Å². The predicted molar refractivity (Wildman–Crippen MR) is 85.3 cm³/mol. The predicted octanol–water partition coefficient (Wildman–Crippen LogP) is 1.57. The summed E-state index contributed by atoms with van der Waals surface area (Å²) >= 11 is 0. The van der Waals surface area contributed by atoms with E-state index in [1.54, 1.807) is 0 Å². The number of guanidine groups is 1. The average molecular weight is 354 g/mol. The minimum atomic E-state index is 0. The Morgan fingerprint density at radius 1 is 1.18 bits per heavy atom. The molecule has 0 spiro atoms. The highest BCUT2D eigenvalue weighted by Gasteiger charge is 2.20. The lowest BCUT2D eigenvalue weighted by Gasteiger charge is -2.21. The second-order valence-electron chi connectivity index (χ2n) is 5.50. The molecule has 1 saturated carbocycles. The van der Waals surface area contributed by atoms with Crippen LogP contribution in [0.15, 0.2) is 4.99 Å². The Hall–Kier alpha value is -0.0400. The van der Waals surface area contributed by atoms with E-state index in [0.29, 0.717) is 0 Å². The Morgan fingerprint density at radius 3 is 2.29 bits per heavy atom. The maximum absolute atomic E-state index is 4.19. The zero-order valence-corrected chi connectivity index (χ0v) is 13.8. The SMILES string of the molecule is CN=C(NCCNC(C)(C)C)NCC1CC1.I. The van der Waals surface area contributed by atoms with Crippen molar-refractivity contribution in [3.8, 4) is 0 Å². The van der Waals surface area contributed by atoms with Crippen LogP contribution in [0.1, 0.15) is 33.6 Å². The van der Waals surface area contributed by atoms with Crippen molar-refractivity contribution in [2.75, 3.05) is 26.7 Å². The second kappa shape index (κ2) is 8.13. The molecule has 1 aliphatic carbocycles. The topological polar surface area (TPSA) is 48.5 Å². The van der Waals surface area contributed by atoms with Crippen molar-refractivity contribution in [1.29, 1.82) is 0 Å². The lowest BCUT2D eigenvalue weighted by atomic mass is 10.1. The van der Waals surface area contributed by atoms with Gasteiger partial charge in [0.15, 0.2) is 5.96 Å². The summed E-state index contributed by atoms with van der Waals surface area (Å²) in [7, 11) is 1.82. The zero-order valence-electron chi connectivity index (χ0n) is 11.5. The molecule has 0 aliphatic heterocycles. The number of hydrogen-bond acceptors (Lipinski definition) is 2. The van der Waals surface area contributed by atoms with Crippen LogP contribution >= 0.6 is 24.0 Å². The summed E-state index contributed by atoms with van der Waals surface area (Å²) in [6.45, 7) is 9.44. The van der Waals surface area contributed by atoms with E-state index in [1.165, 1.54) is 12.8 Å². The van der Waals surface area contributed by atoms with Crippen LogP contribution in [0.2, 0.25) is 0 Å². The Balaban J connectivity index is 0.00000256. The molecular formula is C12H27IN4. The largest absolute Gasteiger partial charge is 0.356 e. The van der Waals surface area contributed by atoms with Gasteiger partial charge in [0, 0.05) is 32.2 Å². The quantitative estimate of drug-likeness (QED) is 0.304. The van der Waals surface area contributed by atoms with Crippen molar-refractivity contribution in [2.24, 2.45) is 10.9 Å². The fraction of sp³-hybridized carbons (Fsp3) is 0.917. The fourth-order valence-electron chi connectivity index (χ4n) is 1.40. The minimum Gasteiger partial charge on any atom is -0.356 e. The van der Waals surface area contributed by atoms with Crippen LogP contribution in [0.25, 0.3) is 0 Å². The number of hydrogen-bond donors (Lipinski definition) is 3. The van der Waals surface area contributed by atoms with Crippen LogP contribution in [-0.4, -0.2) is 38.2 Å². The Kier molecular flexibility index (Phi) is 8.11. The molecule has 0 aromatic heterocycles. The lowest BCUT2D eigenvalue weighted by molar-refractivity contribution is 0.428. The van der Waals surface area contributed by atoms with E-state index < -0.39 is 0 Å². The highest BCUT2D eigenvalue weighted by Crippen LogP contribution is 2.27. The standard InChI is InChI=1S/C12H26N4.HI/c1-12(2,3)16-8-7-14-11(13-4)15-9-10-5-6-10;/h10,16H,5-9H2,1-4H3,(H2,13,14,15);1H. The molecule has 0 amide bonds. The van der Waals surface area contributed by atoms with Crippen LogP contribution in [0, 0.1) is 5.92 Å². The Bertz CT molecular complexity index is 231. The molecule has 3 N–H and O–H groups in total. The summed E-state index contributed by atoms with van der Waals surface area (Å²) in [5, 5.41) is 10.1. The van der Waals surface area contributed by atoms with E-state index in [-0.39, 0.29) is 29.5 Å². The van der Waals surface area contributed by atoms with Gasteiger partial charge in [-0.1, -0.05) is 0 Å². The third kappa shape index (κ3) is 9.64. The van der Waals surface area contributed by atoms with Crippen LogP contribution in [-0.2, 0) is 0 Å². The van der Waals surface area contributed by atoms with Gasteiger partial charge in [-0.15, -0.1) is 24.0 Å². The molecule has 0 radical (unpaired) electrons. The molecule has 4 nitrogen and oxygen atoms in total. The van der Waals surface area contributed by atoms with E-state index in [2.05, 4.69) is 41.7 Å². The first-order valence-electron chi connectivity index (χ1n) is 6.21. The van der Waals surface area contributed by atoms with Gasteiger partial charge in [0.1, 0.15) is 0 Å². The van der Waals surface area contributed by atoms with E-state index in [4.69, 9.17) is 0 Å². The van der Waals surface area contributed by atoms with Gasteiger partial charge in [-0.25, -0.2) is 0 Å². The lowest BCUT2D eigenvalue weighted by Crippen LogP contribution is -2.44. The first-order chi connectivity index (χ1) is 7.51. The van der Waals surface area contributed by atoms with Gasteiger partial charge >= 0.3 is 0 Å². The summed E-state index contributed by atoms with van der Waals surface area (Å²) < 4.78 is 0. The molecule has 0 aromatic carbocycles. The van der Waals surface area contributed by atoms with Gasteiger partial charge in [0.2, 0.25) is 0 Å². The number of rotatable bonds is 5. The van der Waals surface area contributed by atoms with Gasteiger partial charge in [-0.3, -0.25) is 4.99 Å². The van der Waals surface area contributed by atoms with Crippen molar-refractivity contribution in [2.45, 2.75) is 39.2 Å². The molecule has 17 heavy (non-hydrogen) atoms. The van der Waals surface area contributed by atoms with Gasteiger partial charge in [-0.05, 0) is 39.5 Å². The van der Waals surface area contributed by atoms with Gasteiger partial charge in [-0.2, -0.15) is 0 Å². The van der Waals surface area contributed by atoms with Crippen LogP contribution < -0.4 is 16.0 Å². The number of nitrogens with zero attached hydrogens (tertiary/aromatic N) is 1. The molecule has 0 saturated heterocycles. The van der Waals surface area contributed by atoms with Crippen molar-refractivity contribution in [1.82, 2.24) is 16.0 Å². The number of halogens is 1. The fourth-order valence-corrected chi connectivity index (χ4v) is 1.40. The molecule has 0 heterocycles. The minimum absolute atomic E-state index is 0. The first kappa shape index (κ1) is 17.0. The highest BCUT2D eigenvalue weighted by molar-refractivity contribution is 14.0. The van der Waals surface area contributed by atoms with Crippen LogP contribution in [0.4, 0.5) is 0 Å². The first-order valence-corrected chi connectivity index (χ1v) is 6.21. The molecular weight excluding hydrogens is 327 g/mol. The van der Waals surface area contributed by atoms with E-state index in [9.17, 15) is 0 Å². The Labute approximate surface area is 122 Å². The van der Waals surface area contributed by atoms with Crippen LogP contribution in [0.5, 0.6) is 0 Å². The van der Waals surface area contributed by atoms with Gasteiger partial charge < -0.3 is 16.0 Å². The molecule has 5 heteroatoms. The smallest absolute Gasteiger partial charge is 0.191 e. The van der Waals surface area contributed by atoms with E-state index in [1.807, 2.05) is 7.05 Å². The average Bonchev–Trinajstić information content (AvgIpc) is 2.99. The summed E-state index contributed by atoms with van der Waals surface area (Å²) in [5.41, 5.74) is 0.187. The molecule has 0 aromatic rings. The highest BCUT2D eigenvalue weighted by atomic mass is 127. The third-order valence-corrected chi connectivity index (χ3v) is 2.55. The monoisotopic (exact) mass is 354 g/mol. The summed E-state index contributed by atoms with van der Waals surface area (Å²) in [5.74, 6) is 1.80. The van der Waals surface area contributed by atoms with Crippen molar-refractivity contribution >= 4 is 29.9 Å². The van der Waals surface area contributed by atoms with Crippen molar-refractivity contribution in [3.05, 3.63) is 0 Å². The maximum Gasteiger partial charge on any atom is 0.191 e. The maximum atomic E-state index is 4.19. The number of aliphatic imine (C=N–C) groups is 1. The number of nitrogens with one attached hydrogen (secondary N) is 3. The van der Waals surface area contributed by atoms with Gasteiger partial charge in [0.25, 0.3) is 0 Å². The van der Waals surface area contributed by atoms with E-state index in [0.717, 1.165) is 31.5 Å². The summed E-state index contributed by atoms with van der Waals surface area (Å²) in [6, 6.07) is 0. The Morgan fingerprint density at radius 2 is 1.82 bits per heavy atom. The zero-order chi connectivity index (χ0) is 12.0. The van der Waals surface area contributed by atoms with Gasteiger partial charge in [0.05, 0.1) is 0 Å². The third-order valence-electron chi connectivity index (χ3n) is 2.55. The molecule has 0 atom stereocenters. The van der Waals surface area contributed by atoms with E-state index >= 15 is 0 Å². The van der Waals surface area contributed by atoms with Crippen molar-refractivity contribution < 1.29 is 0 Å². The molecule has 1 fully saturated rings. The second-order valence-corrected chi connectivity index (χ2v) is 5.50. The molecule has 1 rings (SSSR count). The van der Waals surface area contributed by atoms with Crippen molar-refractivity contribution in [3.63, 3.8) is 0 Å². The summed E-state index contributed by atoms with van der Waals surface area (Å²) in [6.07, 6.45) is 2.74. The molecule has 102 valence electrons.